The van der Waals surface area contributed by atoms with Crippen molar-refractivity contribution in [3.8, 4) is 0 Å². The maximum atomic E-state index is 5.46. The predicted octanol–water partition coefficient (Wildman–Crippen LogP) is 1.35. The summed E-state index contributed by atoms with van der Waals surface area (Å²) < 4.78 is 5.46. The van der Waals surface area contributed by atoms with Gasteiger partial charge in [0.05, 0.1) is 13.2 Å². The second-order valence-corrected chi connectivity index (χ2v) is 6.10. The molecule has 2 fully saturated rings. The van der Waals surface area contributed by atoms with Crippen LogP contribution in [0.15, 0.2) is 30.3 Å². The van der Waals surface area contributed by atoms with Gasteiger partial charge in [-0.1, -0.05) is 30.3 Å². The summed E-state index contributed by atoms with van der Waals surface area (Å²) in [5.74, 6) is 0. The number of likely N-dealkylation sites (tertiary alicyclic amines) is 1. The molecule has 2 heterocycles. The smallest absolute Gasteiger partial charge is 0.0594 e. The molecule has 1 aromatic rings. The van der Waals surface area contributed by atoms with Gasteiger partial charge in [0.25, 0.3) is 0 Å². The van der Waals surface area contributed by atoms with Gasteiger partial charge in [0.2, 0.25) is 0 Å². The third-order valence-corrected chi connectivity index (χ3v) is 4.80. The van der Waals surface area contributed by atoms with Crippen LogP contribution in [-0.2, 0) is 4.74 Å². The van der Waals surface area contributed by atoms with Crippen molar-refractivity contribution in [1.82, 2.24) is 15.1 Å². The zero-order chi connectivity index (χ0) is 14.5. The number of hydrogen-bond donors (Lipinski definition) is 1. The quantitative estimate of drug-likeness (QED) is 0.886. The number of rotatable bonds is 5. The first-order valence-electron chi connectivity index (χ1n) is 8.13. The molecule has 0 amide bonds. The van der Waals surface area contributed by atoms with E-state index in [0.717, 1.165) is 38.9 Å². The number of hydrogen-bond acceptors (Lipinski definition) is 4. The van der Waals surface area contributed by atoms with Gasteiger partial charge in [0.1, 0.15) is 0 Å². The van der Waals surface area contributed by atoms with Crippen LogP contribution in [0.2, 0.25) is 0 Å². The van der Waals surface area contributed by atoms with Gasteiger partial charge in [-0.2, -0.15) is 0 Å². The molecule has 2 aliphatic rings. The van der Waals surface area contributed by atoms with Gasteiger partial charge < -0.3 is 10.1 Å². The van der Waals surface area contributed by atoms with Crippen molar-refractivity contribution in [2.45, 2.75) is 18.5 Å². The molecule has 2 saturated heterocycles. The van der Waals surface area contributed by atoms with E-state index in [0.29, 0.717) is 6.04 Å². The highest BCUT2D eigenvalue weighted by molar-refractivity contribution is 5.19. The molecule has 0 aliphatic carbocycles. The molecular weight excluding hydrogens is 262 g/mol. The van der Waals surface area contributed by atoms with Crippen molar-refractivity contribution in [2.24, 2.45) is 0 Å². The molecule has 0 aromatic heterocycles. The van der Waals surface area contributed by atoms with Crippen molar-refractivity contribution in [1.29, 1.82) is 0 Å². The minimum absolute atomic E-state index is 0.426. The predicted molar refractivity (Wildman–Crippen MR) is 85.5 cm³/mol. The Labute approximate surface area is 128 Å². The van der Waals surface area contributed by atoms with Crippen LogP contribution < -0.4 is 5.32 Å². The average molecular weight is 289 g/mol. The SMILES string of the molecule is CNC(CN1CCC(N2CCOCC2)C1)c1ccccc1. The van der Waals surface area contributed by atoms with Crippen molar-refractivity contribution in [3.05, 3.63) is 35.9 Å². The topological polar surface area (TPSA) is 27.7 Å². The molecule has 21 heavy (non-hydrogen) atoms. The zero-order valence-corrected chi connectivity index (χ0v) is 13.0. The van der Waals surface area contributed by atoms with E-state index in [1.165, 1.54) is 25.1 Å². The van der Waals surface area contributed by atoms with Gasteiger partial charge in [0.15, 0.2) is 0 Å². The number of nitrogens with zero attached hydrogens (tertiary/aromatic N) is 2. The van der Waals surface area contributed by atoms with E-state index in [9.17, 15) is 0 Å². The lowest BCUT2D eigenvalue weighted by atomic mass is 10.1. The summed E-state index contributed by atoms with van der Waals surface area (Å²) in [5, 5.41) is 3.46. The van der Waals surface area contributed by atoms with Crippen LogP contribution in [0.4, 0.5) is 0 Å². The lowest BCUT2D eigenvalue weighted by Crippen LogP contribution is -2.45. The first-order valence-corrected chi connectivity index (χ1v) is 8.13. The van der Waals surface area contributed by atoms with E-state index < -0.39 is 0 Å². The molecule has 2 unspecified atom stereocenters. The van der Waals surface area contributed by atoms with Crippen LogP contribution in [0.5, 0.6) is 0 Å². The van der Waals surface area contributed by atoms with Crippen LogP contribution in [0, 0.1) is 0 Å². The van der Waals surface area contributed by atoms with Crippen LogP contribution in [0.1, 0.15) is 18.0 Å². The molecule has 1 aromatic carbocycles. The minimum Gasteiger partial charge on any atom is -0.379 e. The van der Waals surface area contributed by atoms with Crippen molar-refractivity contribution < 1.29 is 4.74 Å². The highest BCUT2D eigenvalue weighted by Gasteiger charge is 2.29. The summed E-state index contributed by atoms with van der Waals surface area (Å²) in [6, 6.07) is 11.9. The summed E-state index contributed by atoms with van der Waals surface area (Å²) in [5.41, 5.74) is 1.38. The van der Waals surface area contributed by atoms with Crippen LogP contribution in [0.3, 0.4) is 0 Å². The molecule has 2 aliphatic heterocycles. The fourth-order valence-electron chi connectivity index (χ4n) is 3.53. The molecule has 116 valence electrons. The van der Waals surface area contributed by atoms with Gasteiger partial charge in [-0.25, -0.2) is 0 Å². The summed E-state index contributed by atoms with van der Waals surface area (Å²) in [6.07, 6.45) is 1.30. The maximum Gasteiger partial charge on any atom is 0.0594 e. The standard InChI is InChI=1S/C17H27N3O/c1-18-17(15-5-3-2-4-6-15)14-19-8-7-16(13-19)20-9-11-21-12-10-20/h2-6,16-18H,7-14H2,1H3. The monoisotopic (exact) mass is 289 g/mol. The molecule has 2 atom stereocenters. The van der Waals surface area contributed by atoms with E-state index in [1.807, 2.05) is 0 Å². The normalized spacial score (nSPS) is 26.0. The first kappa shape index (κ1) is 15.0. The Morgan fingerprint density at radius 2 is 1.95 bits per heavy atom. The van der Waals surface area contributed by atoms with E-state index in [1.54, 1.807) is 0 Å². The summed E-state index contributed by atoms with van der Waals surface area (Å²) in [7, 11) is 2.06. The molecule has 3 rings (SSSR count). The van der Waals surface area contributed by atoms with E-state index in [2.05, 4.69) is 52.5 Å². The number of likely N-dealkylation sites (N-methyl/N-ethyl adjacent to an activating group) is 1. The van der Waals surface area contributed by atoms with Gasteiger partial charge >= 0.3 is 0 Å². The van der Waals surface area contributed by atoms with E-state index >= 15 is 0 Å². The van der Waals surface area contributed by atoms with Crippen LogP contribution in [-0.4, -0.2) is 68.8 Å². The Bertz CT molecular complexity index is 419. The number of morpholine rings is 1. The Hall–Kier alpha value is -0.940. The zero-order valence-electron chi connectivity index (χ0n) is 13.0. The lowest BCUT2D eigenvalue weighted by Gasteiger charge is -2.32. The summed E-state index contributed by atoms with van der Waals surface area (Å²) in [4.78, 5) is 5.22. The second kappa shape index (κ2) is 7.36. The molecule has 0 radical (unpaired) electrons. The van der Waals surface area contributed by atoms with Gasteiger partial charge in [0, 0.05) is 38.3 Å². The molecule has 0 bridgehead atoms. The second-order valence-electron chi connectivity index (χ2n) is 6.10. The molecule has 4 heteroatoms. The third-order valence-electron chi connectivity index (χ3n) is 4.80. The van der Waals surface area contributed by atoms with Gasteiger partial charge in [-0.15, -0.1) is 0 Å². The maximum absolute atomic E-state index is 5.46. The number of ether oxygens (including phenoxy) is 1. The van der Waals surface area contributed by atoms with E-state index in [-0.39, 0.29) is 0 Å². The van der Waals surface area contributed by atoms with Crippen LogP contribution in [0.25, 0.3) is 0 Å². The first-order chi connectivity index (χ1) is 10.4. The average Bonchev–Trinajstić information content (AvgIpc) is 3.03. The van der Waals surface area contributed by atoms with E-state index in [4.69, 9.17) is 4.74 Å². The number of benzene rings is 1. The summed E-state index contributed by atoms with van der Waals surface area (Å²) in [6.45, 7) is 7.53. The molecule has 4 nitrogen and oxygen atoms in total. The Morgan fingerprint density at radius 1 is 1.19 bits per heavy atom. The van der Waals surface area contributed by atoms with Crippen molar-refractivity contribution in [3.63, 3.8) is 0 Å². The van der Waals surface area contributed by atoms with Crippen LogP contribution >= 0.6 is 0 Å². The van der Waals surface area contributed by atoms with Crippen molar-refractivity contribution >= 4 is 0 Å². The van der Waals surface area contributed by atoms with Gasteiger partial charge in [-0.3, -0.25) is 9.80 Å². The molecule has 1 N–H and O–H groups in total. The largest absolute Gasteiger partial charge is 0.379 e. The lowest BCUT2D eigenvalue weighted by molar-refractivity contribution is 0.0184. The minimum atomic E-state index is 0.426. The van der Waals surface area contributed by atoms with Crippen molar-refractivity contribution in [2.75, 3.05) is 53.0 Å². The summed E-state index contributed by atoms with van der Waals surface area (Å²) >= 11 is 0. The fourth-order valence-corrected chi connectivity index (χ4v) is 3.53. The Kier molecular flexibility index (Phi) is 5.25. The highest BCUT2D eigenvalue weighted by Crippen LogP contribution is 2.20. The molecule has 0 spiro atoms. The highest BCUT2D eigenvalue weighted by atomic mass is 16.5. The Morgan fingerprint density at radius 3 is 2.67 bits per heavy atom. The Balaban J connectivity index is 1.53. The molecule has 0 saturated carbocycles. The van der Waals surface area contributed by atoms with Gasteiger partial charge in [-0.05, 0) is 25.6 Å². The third kappa shape index (κ3) is 3.83. The number of nitrogens with one attached hydrogen (secondary N) is 1. The fraction of sp³-hybridized carbons (Fsp3) is 0.647. The molecular formula is C17H27N3O.